The van der Waals surface area contributed by atoms with Crippen molar-refractivity contribution in [2.75, 3.05) is 6.54 Å². The number of rotatable bonds is 3. The first kappa shape index (κ1) is 14.5. The second-order valence-electron chi connectivity index (χ2n) is 5.46. The number of nitrogens with zero attached hydrogens (tertiary/aromatic N) is 3. The van der Waals surface area contributed by atoms with Crippen LogP contribution >= 0.6 is 0 Å². The summed E-state index contributed by atoms with van der Waals surface area (Å²) >= 11 is 0. The minimum Gasteiger partial charge on any atom is -0.465 e. The van der Waals surface area contributed by atoms with Crippen molar-refractivity contribution < 1.29 is 14.3 Å². The van der Waals surface area contributed by atoms with Crippen molar-refractivity contribution in [3.8, 4) is 11.4 Å². The predicted octanol–water partition coefficient (Wildman–Crippen LogP) is 2.69. The standard InChI is InChI=1S/C15H17FN4O2/c16-11-6-4-10(5-7-11)14-17-13(18-19-14)9-12-3-1-2-8-20(12)15(21)22/h4-7,12H,1-3,8-9H2,(H,21,22)(H,17,18,19). The van der Waals surface area contributed by atoms with Gasteiger partial charge in [0.1, 0.15) is 11.6 Å². The second-order valence-corrected chi connectivity index (χ2v) is 5.46. The lowest BCUT2D eigenvalue weighted by Gasteiger charge is -2.32. The fourth-order valence-corrected chi connectivity index (χ4v) is 2.81. The second kappa shape index (κ2) is 6.13. The highest BCUT2D eigenvalue weighted by molar-refractivity contribution is 5.65. The number of aromatic amines is 1. The van der Waals surface area contributed by atoms with Gasteiger partial charge >= 0.3 is 6.09 Å². The van der Waals surface area contributed by atoms with Crippen LogP contribution in [0.3, 0.4) is 0 Å². The molecule has 0 aliphatic carbocycles. The Morgan fingerprint density at radius 1 is 1.32 bits per heavy atom. The maximum absolute atomic E-state index is 12.9. The van der Waals surface area contributed by atoms with Crippen LogP contribution in [0.25, 0.3) is 11.4 Å². The van der Waals surface area contributed by atoms with Crippen LogP contribution in [0.4, 0.5) is 9.18 Å². The first-order valence-corrected chi connectivity index (χ1v) is 7.30. The van der Waals surface area contributed by atoms with E-state index >= 15 is 0 Å². The topological polar surface area (TPSA) is 82.1 Å². The number of piperidine rings is 1. The molecule has 1 amide bonds. The molecule has 1 aromatic heterocycles. The molecule has 7 heteroatoms. The monoisotopic (exact) mass is 304 g/mol. The number of H-pyrrole nitrogens is 1. The van der Waals surface area contributed by atoms with Crippen molar-refractivity contribution in [3.63, 3.8) is 0 Å². The van der Waals surface area contributed by atoms with E-state index in [2.05, 4.69) is 15.2 Å². The van der Waals surface area contributed by atoms with Gasteiger partial charge in [0, 0.05) is 24.6 Å². The number of carbonyl (C=O) groups is 1. The van der Waals surface area contributed by atoms with Crippen LogP contribution in [0.1, 0.15) is 25.1 Å². The molecule has 1 atom stereocenters. The van der Waals surface area contributed by atoms with Crippen molar-refractivity contribution in [2.24, 2.45) is 0 Å². The SMILES string of the molecule is O=C(O)N1CCCCC1Cc1nnc(-c2ccc(F)cc2)[nH]1. The fraction of sp³-hybridized carbons (Fsp3) is 0.400. The van der Waals surface area contributed by atoms with Crippen LogP contribution in [-0.4, -0.2) is 43.9 Å². The molecule has 0 radical (unpaired) electrons. The van der Waals surface area contributed by atoms with Gasteiger partial charge in [0.25, 0.3) is 0 Å². The predicted molar refractivity (Wildman–Crippen MR) is 77.9 cm³/mol. The van der Waals surface area contributed by atoms with Gasteiger partial charge < -0.3 is 15.0 Å². The number of amides is 1. The molecule has 0 spiro atoms. The summed E-state index contributed by atoms with van der Waals surface area (Å²) in [5.41, 5.74) is 0.749. The number of halogens is 1. The van der Waals surface area contributed by atoms with Crippen LogP contribution < -0.4 is 0 Å². The summed E-state index contributed by atoms with van der Waals surface area (Å²) in [5.74, 6) is 0.910. The normalized spacial score (nSPS) is 18.4. The summed E-state index contributed by atoms with van der Waals surface area (Å²) in [6.45, 7) is 0.568. The minimum atomic E-state index is -0.886. The molecule has 6 nitrogen and oxygen atoms in total. The molecular weight excluding hydrogens is 287 g/mol. The molecule has 3 rings (SSSR count). The van der Waals surface area contributed by atoms with Crippen molar-refractivity contribution in [1.82, 2.24) is 20.1 Å². The summed E-state index contributed by atoms with van der Waals surface area (Å²) in [5, 5.41) is 17.4. The number of hydrogen-bond donors (Lipinski definition) is 2. The third-order valence-electron chi connectivity index (χ3n) is 3.95. The van der Waals surface area contributed by atoms with Gasteiger partial charge in [0.05, 0.1) is 0 Å². The van der Waals surface area contributed by atoms with Crippen LogP contribution in [0, 0.1) is 5.82 Å². The highest BCUT2D eigenvalue weighted by Crippen LogP contribution is 2.21. The largest absolute Gasteiger partial charge is 0.465 e. The highest BCUT2D eigenvalue weighted by Gasteiger charge is 2.27. The minimum absolute atomic E-state index is 0.0692. The van der Waals surface area contributed by atoms with E-state index in [-0.39, 0.29) is 11.9 Å². The molecule has 2 heterocycles. The third kappa shape index (κ3) is 3.08. The molecule has 0 bridgehead atoms. The maximum Gasteiger partial charge on any atom is 0.407 e. The summed E-state index contributed by atoms with van der Waals surface area (Å²) in [4.78, 5) is 15.8. The smallest absolute Gasteiger partial charge is 0.407 e. The van der Waals surface area contributed by atoms with Crippen molar-refractivity contribution >= 4 is 6.09 Å². The van der Waals surface area contributed by atoms with Crippen LogP contribution in [0.15, 0.2) is 24.3 Å². The lowest BCUT2D eigenvalue weighted by atomic mass is 10.00. The summed E-state index contributed by atoms with van der Waals surface area (Å²) in [6.07, 6.45) is 2.38. The molecule has 1 aromatic carbocycles. The van der Waals surface area contributed by atoms with E-state index in [9.17, 15) is 14.3 Å². The molecule has 1 unspecified atom stereocenters. The Morgan fingerprint density at radius 2 is 2.09 bits per heavy atom. The van der Waals surface area contributed by atoms with Gasteiger partial charge in [-0.1, -0.05) is 0 Å². The number of carboxylic acid groups (broad SMARTS) is 1. The zero-order valence-electron chi connectivity index (χ0n) is 12.0. The van der Waals surface area contributed by atoms with E-state index in [0.29, 0.717) is 24.6 Å². The van der Waals surface area contributed by atoms with E-state index < -0.39 is 6.09 Å². The van der Waals surface area contributed by atoms with Crippen LogP contribution in [0.2, 0.25) is 0 Å². The molecule has 1 aliphatic rings. The average molecular weight is 304 g/mol. The van der Waals surface area contributed by atoms with E-state index in [1.165, 1.54) is 17.0 Å². The summed E-state index contributed by atoms with van der Waals surface area (Å²) in [6, 6.07) is 5.92. The molecule has 1 aliphatic heterocycles. The van der Waals surface area contributed by atoms with E-state index in [0.717, 1.165) is 24.8 Å². The van der Waals surface area contributed by atoms with Crippen molar-refractivity contribution in [3.05, 3.63) is 35.9 Å². The first-order valence-electron chi connectivity index (χ1n) is 7.30. The van der Waals surface area contributed by atoms with Gasteiger partial charge in [-0.05, 0) is 43.5 Å². The number of nitrogens with one attached hydrogen (secondary N) is 1. The molecule has 1 saturated heterocycles. The summed E-state index contributed by atoms with van der Waals surface area (Å²) in [7, 11) is 0. The van der Waals surface area contributed by atoms with Gasteiger partial charge in [0.2, 0.25) is 0 Å². The molecule has 1 fully saturated rings. The van der Waals surface area contributed by atoms with Crippen molar-refractivity contribution in [2.45, 2.75) is 31.7 Å². The molecule has 22 heavy (non-hydrogen) atoms. The number of likely N-dealkylation sites (tertiary alicyclic amines) is 1. The Hall–Kier alpha value is -2.44. The first-order chi connectivity index (χ1) is 10.6. The molecule has 2 aromatic rings. The fourth-order valence-electron chi connectivity index (χ4n) is 2.81. The maximum atomic E-state index is 12.9. The zero-order valence-corrected chi connectivity index (χ0v) is 12.0. The quantitative estimate of drug-likeness (QED) is 0.913. The van der Waals surface area contributed by atoms with E-state index in [4.69, 9.17) is 0 Å². The lowest BCUT2D eigenvalue weighted by molar-refractivity contribution is 0.106. The van der Waals surface area contributed by atoms with Crippen LogP contribution in [-0.2, 0) is 6.42 Å². The Kier molecular flexibility index (Phi) is 4.04. The Labute approximate surface area is 127 Å². The Morgan fingerprint density at radius 3 is 2.82 bits per heavy atom. The molecule has 2 N–H and O–H groups in total. The molecule has 0 saturated carbocycles. The van der Waals surface area contributed by atoms with Gasteiger partial charge in [-0.3, -0.25) is 0 Å². The van der Waals surface area contributed by atoms with Gasteiger partial charge in [-0.2, -0.15) is 0 Å². The number of hydrogen-bond acceptors (Lipinski definition) is 3. The lowest BCUT2D eigenvalue weighted by Crippen LogP contribution is -2.44. The Balaban J connectivity index is 1.73. The molecule has 116 valence electrons. The third-order valence-corrected chi connectivity index (χ3v) is 3.95. The molecular formula is C15H17FN4O2. The highest BCUT2D eigenvalue weighted by atomic mass is 19.1. The van der Waals surface area contributed by atoms with Gasteiger partial charge in [-0.25, -0.2) is 9.18 Å². The van der Waals surface area contributed by atoms with Crippen LogP contribution in [0.5, 0.6) is 0 Å². The summed E-state index contributed by atoms with van der Waals surface area (Å²) < 4.78 is 12.9. The van der Waals surface area contributed by atoms with Gasteiger partial charge in [0.15, 0.2) is 5.82 Å². The van der Waals surface area contributed by atoms with E-state index in [1.807, 2.05) is 0 Å². The average Bonchev–Trinajstić information content (AvgIpc) is 2.97. The number of benzene rings is 1. The van der Waals surface area contributed by atoms with Crippen molar-refractivity contribution in [1.29, 1.82) is 0 Å². The van der Waals surface area contributed by atoms with E-state index in [1.54, 1.807) is 12.1 Å². The van der Waals surface area contributed by atoms with Gasteiger partial charge in [-0.15, -0.1) is 10.2 Å². The zero-order chi connectivity index (χ0) is 15.5. The number of aromatic nitrogens is 3. The Bertz CT molecular complexity index is 656.